The third kappa shape index (κ3) is 2.22. The number of rotatable bonds is 3. The Labute approximate surface area is 109 Å². The molecular weight excluding hydrogens is 256 g/mol. The summed E-state index contributed by atoms with van der Waals surface area (Å²) in [5.74, 6) is -0.0990. The van der Waals surface area contributed by atoms with Gasteiger partial charge in [0.15, 0.2) is 0 Å². The molecule has 1 unspecified atom stereocenters. The predicted octanol–water partition coefficient (Wildman–Crippen LogP) is 2.79. The van der Waals surface area contributed by atoms with Crippen molar-refractivity contribution in [2.75, 3.05) is 11.4 Å². The minimum atomic E-state index is -0.532. The lowest BCUT2D eigenvalue weighted by atomic mass is 10.1. The minimum absolute atomic E-state index is 0.0350. The Kier molecular flexibility index (Phi) is 3.34. The van der Waals surface area contributed by atoms with Crippen molar-refractivity contribution < 1.29 is 9.72 Å². The van der Waals surface area contributed by atoms with E-state index in [0.717, 1.165) is 0 Å². The van der Waals surface area contributed by atoms with E-state index in [1.54, 1.807) is 12.1 Å². The Morgan fingerprint density at radius 1 is 1.56 bits per heavy atom. The van der Waals surface area contributed by atoms with E-state index in [-0.39, 0.29) is 22.5 Å². The number of carbonyl (C=O) groups is 1. The number of anilines is 1. The first-order valence-corrected chi connectivity index (χ1v) is 5.77. The molecule has 0 spiro atoms. The second kappa shape index (κ2) is 4.78. The maximum atomic E-state index is 11.8. The van der Waals surface area contributed by atoms with Gasteiger partial charge in [0, 0.05) is 30.0 Å². The number of carbonyl (C=O) groups excluding carboxylic acids is 1. The second-order valence-electron chi connectivity index (χ2n) is 4.09. The summed E-state index contributed by atoms with van der Waals surface area (Å²) < 4.78 is 0. The van der Waals surface area contributed by atoms with Crippen LogP contribution in [0.3, 0.4) is 0 Å². The predicted molar refractivity (Wildman–Crippen MR) is 68.8 cm³/mol. The van der Waals surface area contributed by atoms with Crippen molar-refractivity contribution in [2.24, 2.45) is 5.92 Å². The van der Waals surface area contributed by atoms with Gasteiger partial charge < -0.3 is 4.90 Å². The molecule has 6 heteroatoms. The molecule has 94 valence electrons. The molecule has 0 saturated carbocycles. The van der Waals surface area contributed by atoms with Crippen molar-refractivity contribution in [3.63, 3.8) is 0 Å². The van der Waals surface area contributed by atoms with Crippen LogP contribution in [-0.4, -0.2) is 17.4 Å². The molecule has 0 N–H and O–H groups in total. The molecule has 18 heavy (non-hydrogen) atoms. The lowest BCUT2D eigenvalue weighted by molar-refractivity contribution is -0.384. The van der Waals surface area contributed by atoms with Crippen LogP contribution in [0.15, 0.2) is 30.9 Å². The van der Waals surface area contributed by atoms with Crippen LogP contribution in [0, 0.1) is 16.0 Å². The third-order valence-electron chi connectivity index (χ3n) is 2.91. The van der Waals surface area contributed by atoms with Gasteiger partial charge in [-0.1, -0.05) is 17.7 Å². The molecule has 1 fully saturated rings. The molecule has 0 aliphatic carbocycles. The van der Waals surface area contributed by atoms with Crippen LogP contribution in [0.5, 0.6) is 0 Å². The fraction of sp³-hybridized carbons (Fsp3) is 0.250. The number of nitrogens with zero attached hydrogens (tertiary/aromatic N) is 2. The van der Waals surface area contributed by atoms with E-state index in [4.69, 9.17) is 11.6 Å². The fourth-order valence-corrected chi connectivity index (χ4v) is 2.16. The zero-order valence-corrected chi connectivity index (χ0v) is 10.3. The van der Waals surface area contributed by atoms with Crippen molar-refractivity contribution in [3.05, 3.63) is 46.0 Å². The lowest BCUT2D eigenvalue weighted by Gasteiger charge is -2.16. The molecule has 2 rings (SSSR count). The average molecular weight is 267 g/mol. The first-order valence-electron chi connectivity index (χ1n) is 5.39. The molecule has 1 aliphatic heterocycles. The molecule has 0 aromatic heterocycles. The normalized spacial score (nSPS) is 19.1. The Hall–Kier alpha value is -1.88. The molecule has 1 aromatic carbocycles. The van der Waals surface area contributed by atoms with Gasteiger partial charge in [-0.05, 0) is 12.1 Å². The van der Waals surface area contributed by atoms with Gasteiger partial charge in [0.25, 0.3) is 5.69 Å². The summed E-state index contributed by atoms with van der Waals surface area (Å²) in [5.41, 5.74) is 0.138. The first kappa shape index (κ1) is 12.6. The molecule has 0 bridgehead atoms. The van der Waals surface area contributed by atoms with Crippen LogP contribution >= 0.6 is 11.6 Å². The molecule has 1 aliphatic rings. The number of nitro groups is 1. The Bertz CT molecular complexity index is 530. The number of nitro benzene ring substituents is 1. The van der Waals surface area contributed by atoms with Crippen LogP contribution in [0.1, 0.15) is 6.42 Å². The van der Waals surface area contributed by atoms with Gasteiger partial charge >= 0.3 is 0 Å². The molecule has 5 nitrogen and oxygen atoms in total. The number of amides is 1. The van der Waals surface area contributed by atoms with Crippen molar-refractivity contribution in [3.8, 4) is 0 Å². The Morgan fingerprint density at radius 3 is 2.83 bits per heavy atom. The highest BCUT2D eigenvalue weighted by molar-refractivity contribution is 6.31. The molecule has 1 heterocycles. The summed E-state index contributed by atoms with van der Waals surface area (Å²) in [4.78, 5) is 23.7. The fourth-order valence-electron chi connectivity index (χ4n) is 2.00. The summed E-state index contributed by atoms with van der Waals surface area (Å²) in [7, 11) is 0. The largest absolute Gasteiger partial charge is 0.306 e. The Balaban J connectivity index is 2.42. The monoisotopic (exact) mass is 266 g/mol. The zero-order valence-electron chi connectivity index (χ0n) is 9.51. The van der Waals surface area contributed by atoms with Crippen molar-refractivity contribution in [2.45, 2.75) is 6.42 Å². The first-order chi connectivity index (χ1) is 8.52. The third-order valence-corrected chi connectivity index (χ3v) is 3.15. The van der Waals surface area contributed by atoms with E-state index >= 15 is 0 Å². The van der Waals surface area contributed by atoms with Gasteiger partial charge in [0.2, 0.25) is 5.91 Å². The molecule has 1 atom stereocenters. The standard InChI is InChI=1S/C12H11ClN2O3/c1-2-8-5-12(16)14(7-8)10-4-3-9(13)6-11(10)15(17)18/h2-4,6,8H,1,5,7H2. The molecule has 1 aromatic rings. The maximum absolute atomic E-state index is 11.8. The minimum Gasteiger partial charge on any atom is -0.306 e. The number of hydrogen-bond donors (Lipinski definition) is 0. The smallest absolute Gasteiger partial charge is 0.294 e. The van der Waals surface area contributed by atoms with E-state index in [2.05, 4.69) is 6.58 Å². The van der Waals surface area contributed by atoms with Crippen molar-refractivity contribution >= 4 is 28.9 Å². The van der Waals surface area contributed by atoms with E-state index in [1.807, 2.05) is 0 Å². The Morgan fingerprint density at radius 2 is 2.28 bits per heavy atom. The topological polar surface area (TPSA) is 63.5 Å². The van der Waals surface area contributed by atoms with Crippen LogP contribution in [0.4, 0.5) is 11.4 Å². The summed E-state index contributed by atoms with van der Waals surface area (Å²) in [6.45, 7) is 4.06. The molecule has 1 amide bonds. The summed E-state index contributed by atoms with van der Waals surface area (Å²) >= 11 is 5.74. The van der Waals surface area contributed by atoms with Crippen molar-refractivity contribution in [1.29, 1.82) is 0 Å². The van der Waals surface area contributed by atoms with Crippen molar-refractivity contribution in [1.82, 2.24) is 0 Å². The lowest BCUT2D eigenvalue weighted by Crippen LogP contribution is -2.25. The average Bonchev–Trinajstić information content (AvgIpc) is 2.70. The quantitative estimate of drug-likeness (QED) is 0.480. The highest BCUT2D eigenvalue weighted by atomic mass is 35.5. The highest BCUT2D eigenvalue weighted by Crippen LogP contribution is 2.34. The van der Waals surface area contributed by atoms with Gasteiger partial charge in [0.1, 0.15) is 5.69 Å². The number of halogens is 1. The van der Waals surface area contributed by atoms with Crippen LogP contribution in [0.2, 0.25) is 5.02 Å². The van der Waals surface area contributed by atoms with Gasteiger partial charge in [0.05, 0.1) is 4.92 Å². The summed E-state index contributed by atoms with van der Waals surface area (Å²) in [6.07, 6.45) is 2.03. The molecule has 0 radical (unpaired) electrons. The SMILES string of the molecule is C=CC1CC(=O)N(c2ccc(Cl)cc2[N+](=O)[O-])C1. The van der Waals surface area contributed by atoms with E-state index in [9.17, 15) is 14.9 Å². The van der Waals surface area contributed by atoms with E-state index in [1.165, 1.54) is 17.0 Å². The van der Waals surface area contributed by atoms with Gasteiger partial charge in [-0.15, -0.1) is 6.58 Å². The van der Waals surface area contributed by atoms with E-state index in [0.29, 0.717) is 18.7 Å². The summed E-state index contributed by atoms with van der Waals surface area (Å²) in [6, 6.07) is 4.30. The van der Waals surface area contributed by atoms with Crippen LogP contribution in [0.25, 0.3) is 0 Å². The highest BCUT2D eigenvalue weighted by Gasteiger charge is 2.32. The van der Waals surface area contributed by atoms with Crippen LogP contribution < -0.4 is 4.90 Å². The molecular formula is C12H11ClN2O3. The summed E-state index contributed by atoms with van der Waals surface area (Å²) in [5, 5.41) is 11.3. The van der Waals surface area contributed by atoms with E-state index < -0.39 is 4.92 Å². The maximum Gasteiger partial charge on any atom is 0.294 e. The zero-order chi connectivity index (χ0) is 13.3. The second-order valence-corrected chi connectivity index (χ2v) is 4.53. The number of benzene rings is 1. The molecule has 1 saturated heterocycles. The van der Waals surface area contributed by atoms with Gasteiger partial charge in [-0.25, -0.2) is 0 Å². The van der Waals surface area contributed by atoms with Gasteiger partial charge in [-0.3, -0.25) is 14.9 Å². The van der Waals surface area contributed by atoms with Crippen LogP contribution in [-0.2, 0) is 4.79 Å². The van der Waals surface area contributed by atoms with Gasteiger partial charge in [-0.2, -0.15) is 0 Å². The number of hydrogen-bond acceptors (Lipinski definition) is 3.